The first-order chi connectivity index (χ1) is 12.8. The van der Waals surface area contributed by atoms with E-state index in [1.54, 1.807) is 29.3 Å². The lowest BCUT2D eigenvalue weighted by Gasteiger charge is -2.25. The van der Waals surface area contributed by atoms with E-state index in [9.17, 15) is 13.2 Å². The minimum absolute atomic E-state index is 0.0149. The van der Waals surface area contributed by atoms with Gasteiger partial charge >= 0.3 is 0 Å². The molecule has 1 aromatic carbocycles. The Bertz CT molecular complexity index is 1020. The van der Waals surface area contributed by atoms with Gasteiger partial charge in [0, 0.05) is 33.3 Å². The largest absolute Gasteiger partial charge is 0.363 e. The summed E-state index contributed by atoms with van der Waals surface area (Å²) >= 11 is 0. The minimum atomic E-state index is -3.70. The Kier molecular flexibility index (Phi) is 4.35. The maximum absolute atomic E-state index is 12.8. The van der Waals surface area contributed by atoms with Gasteiger partial charge in [0.25, 0.3) is 0 Å². The second-order valence-electron chi connectivity index (χ2n) is 6.94. The molecule has 0 aliphatic carbocycles. The Morgan fingerprint density at radius 3 is 2.67 bits per heavy atom. The molecule has 4 rings (SSSR count). The fourth-order valence-corrected chi connectivity index (χ4v) is 4.63. The average molecular weight is 387 g/mol. The third-order valence-electron chi connectivity index (χ3n) is 4.90. The van der Waals surface area contributed by atoms with Gasteiger partial charge in [-0.2, -0.15) is 0 Å². The number of hydrogen-bond donors (Lipinski definition) is 1. The Labute approximate surface area is 158 Å². The van der Waals surface area contributed by atoms with Gasteiger partial charge in [0.15, 0.2) is 0 Å². The molecule has 27 heavy (non-hydrogen) atoms. The van der Waals surface area contributed by atoms with Crippen LogP contribution in [0.3, 0.4) is 0 Å². The fourth-order valence-electron chi connectivity index (χ4n) is 3.55. The highest BCUT2D eigenvalue weighted by molar-refractivity contribution is 7.89. The number of amides is 1. The van der Waals surface area contributed by atoms with E-state index in [-0.39, 0.29) is 17.3 Å². The van der Waals surface area contributed by atoms with Crippen LogP contribution in [-0.4, -0.2) is 44.9 Å². The van der Waals surface area contributed by atoms with Gasteiger partial charge in [-0.05, 0) is 42.2 Å². The molecule has 0 fully saturated rings. The maximum Gasteiger partial charge on any atom is 0.240 e. The van der Waals surface area contributed by atoms with Gasteiger partial charge in [-0.3, -0.25) is 4.79 Å². The summed E-state index contributed by atoms with van der Waals surface area (Å²) in [5.74, 6) is 1.24. The molecule has 0 spiro atoms. The Morgan fingerprint density at radius 1 is 1.19 bits per heavy atom. The quantitative estimate of drug-likeness (QED) is 0.817. The van der Waals surface area contributed by atoms with Crippen LogP contribution in [0, 0.1) is 0 Å². The highest BCUT2D eigenvalue weighted by atomic mass is 32.2. The van der Waals surface area contributed by atoms with Crippen LogP contribution in [-0.2, 0) is 34.2 Å². The molecule has 0 saturated heterocycles. The molecule has 0 atom stereocenters. The van der Waals surface area contributed by atoms with Gasteiger partial charge in [0.05, 0.1) is 17.1 Å². The van der Waals surface area contributed by atoms with E-state index in [0.717, 1.165) is 16.8 Å². The highest BCUT2D eigenvalue weighted by Crippen LogP contribution is 2.38. The van der Waals surface area contributed by atoms with Crippen molar-refractivity contribution in [2.45, 2.75) is 30.7 Å². The molecule has 0 saturated carbocycles. The molecule has 1 N–H and O–H groups in total. The van der Waals surface area contributed by atoms with Gasteiger partial charge < -0.3 is 9.80 Å². The molecular weight excluding hydrogens is 366 g/mol. The van der Waals surface area contributed by atoms with Crippen LogP contribution in [0.5, 0.6) is 0 Å². The van der Waals surface area contributed by atoms with Crippen LogP contribution in [0.4, 0.5) is 11.5 Å². The normalized spacial score (nSPS) is 15.8. The fraction of sp³-hybridized carbons (Fsp3) is 0.389. The summed E-state index contributed by atoms with van der Waals surface area (Å²) in [5.41, 5.74) is 2.76. The predicted octanol–water partition coefficient (Wildman–Crippen LogP) is 0.856. The topological polar surface area (TPSA) is 95.5 Å². The van der Waals surface area contributed by atoms with E-state index < -0.39 is 10.0 Å². The Hall–Kier alpha value is -2.52. The number of aromatic nitrogens is 2. The zero-order valence-electron chi connectivity index (χ0n) is 15.3. The second-order valence-corrected chi connectivity index (χ2v) is 8.70. The molecule has 9 heteroatoms. The first-order valence-electron chi connectivity index (χ1n) is 8.80. The molecule has 2 aromatic rings. The van der Waals surface area contributed by atoms with Crippen LogP contribution >= 0.6 is 0 Å². The summed E-state index contributed by atoms with van der Waals surface area (Å²) in [6.07, 6.45) is 3.30. The van der Waals surface area contributed by atoms with Crippen LogP contribution in [0.25, 0.3) is 0 Å². The number of rotatable bonds is 5. The maximum atomic E-state index is 12.8. The summed E-state index contributed by atoms with van der Waals surface area (Å²) in [6.45, 7) is 0.643. The van der Waals surface area contributed by atoms with Gasteiger partial charge in [-0.25, -0.2) is 23.1 Å². The van der Waals surface area contributed by atoms with Gasteiger partial charge in [0.2, 0.25) is 15.9 Å². The Morgan fingerprint density at radius 2 is 1.93 bits per heavy atom. The number of carbonyl (C=O) groups excluding carboxylic acids is 1. The molecule has 1 aromatic heterocycles. The SMILES string of the molecule is CN(C)c1ccnc(CNS(=O)(=O)c2cc3c4c(c2)CCN4C(=O)CC3)n1. The number of hydrogen-bond acceptors (Lipinski definition) is 6. The van der Waals surface area contributed by atoms with Crippen LogP contribution in [0.1, 0.15) is 23.4 Å². The molecule has 3 heterocycles. The molecule has 8 nitrogen and oxygen atoms in total. The smallest absolute Gasteiger partial charge is 0.240 e. The lowest BCUT2D eigenvalue weighted by Crippen LogP contribution is -2.33. The highest BCUT2D eigenvalue weighted by Gasteiger charge is 2.32. The van der Waals surface area contributed by atoms with Crippen LogP contribution < -0.4 is 14.5 Å². The molecule has 142 valence electrons. The minimum Gasteiger partial charge on any atom is -0.363 e. The summed E-state index contributed by atoms with van der Waals surface area (Å²) in [6, 6.07) is 5.12. The van der Waals surface area contributed by atoms with Crippen molar-refractivity contribution in [1.82, 2.24) is 14.7 Å². The monoisotopic (exact) mass is 387 g/mol. The zero-order chi connectivity index (χ0) is 19.2. The lowest BCUT2D eigenvalue weighted by atomic mass is 10.00. The summed E-state index contributed by atoms with van der Waals surface area (Å²) in [7, 11) is 0.0234. The van der Waals surface area contributed by atoms with E-state index in [4.69, 9.17) is 0 Å². The van der Waals surface area contributed by atoms with E-state index in [0.29, 0.717) is 37.4 Å². The van der Waals surface area contributed by atoms with Crippen molar-refractivity contribution in [2.24, 2.45) is 0 Å². The molecule has 0 unspecified atom stereocenters. The van der Waals surface area contributed by atoms with Crippen molar-refractivity contribution in [3.63, 3.8) is 0 Å². The zero-order valence-corrected chi connectivity index (χ0v) is 16.1. The second kappa shape index (κ2) is 6.58. The lowest BCUT2D eigenvalue weighted by molar-refractivity contribution is -0.118. The number of aryl methyl sites for hydroxylation is 1. The first kappa shape index (κ1) is 17.9. The van der Waals surface area contributed by atoms with Gasteiger partial charge in [-0.15, -0.1) is 0 Å². The predicted molar refractivity (Wildman–Crippen MR) is 101 cm³/mol. The number of carbonyl (C=O) groups is 1. The summed E-state index contributed by atoms with van der Waals surface area (Å²) < 4.78 is 28.2. The molecule has 0 radical (unpaired) electrons. The summed E-state index contributed by atoms with van der Waals surface area (Å²) in [4.78, 5) is 24.3. The third-order valence-corrected chi connectivity index (χ3v) is 6.29. The van der Waals surface area contributed by atoms with Gasteiger partial charge in [-0.1, -0.05) is 0 Å². The standard InChI is InChI=1S/C18H21N5O3S/c1-22(2)16-5-7-19-15(21-16)11-20-27(25,26)14-9-12-3-4-17(24)23-8-6-13(10-14)18(12)23/h5,7,9-10,20H,3-4,6,8,11H2,1-2H3. The van der Waals surface area contributed by atoms with Crippen molar-refractivity contribution in [3.05, 3.63) is 41.3 Å². The summed E-state index contributed by atoms with van der Waals surface area (Å²) in [5, 5.41) is 0. The molecule has 0 bridgehead atoms. The Balaban J connectivity index is 1.58. The third kappa shape index (κ3) is 3.28. The molecule has 1 amide bonds. The molecule has 2 aliphatic rings. The number of nitrogens with zero attached hydrogens (tertiary/aromatic N) is 4. The number of sulfonamides is 1. The number of benzene rings is 1. The average Bonchev–Trinajstić information content (AvgIpc) is 3.09. The van der Waals surface area contributed by atoms with E-state index in [2.05, 4.69) is 14.7 Å². The van der Waals surface area contributed by atoms with Crippen molar-refractivity contribution >= 4 is 27.4 Å². The number of anilines is 2. The number of nitrogens with one attached hydrogen (secondary N) is 1. The van der Waals surface area contributed by atoms with E-state index in [1.165, 1.54) is 0 Å². The van der Waals surface area contributed by atoms with E-state index in [1.807, 2.05) is 19.0 Å². The van der Waals surface area contributed by atoms with Crippen molar-refractivity contribution in [1.29, 1.82) is 0 Å². The van der Waals surface area contributed by atoms with E-state index >= 15 is 0 Å². The van der Waals surface area contributed by atoms with Crippen molar-refractivity contribution in [2.75, 3.05) is 30.4 Å². The molecular formula is C18H21N5O3S. The molecule has 2 aliphatic heterocycles. The van der Waals surface area contributed by atoms with Crippen molar-refractivity contribution in [3.8, 4) is 0 Å². The van der Waals surface area contributed by atoms with Crippen LogP contribution in [0.2, 0.25) is 0 Å². The van der Waals surface area contributed by atoms with Crippen molar-refractivity contribution < 1.29 is 13.2 Å². The van der Waals surface area contributed by atoms with Gasteiger partial charge in [0.1, 0.15) is 11.6 Å². The van der Waals surface area contributed by atoms with Crippen LogP contribution in [0.15, 0.2) is 29.3 Å². The first-order valence-corrected chi connectivity index (χ1v) is 10.3.